The summed E-state index contributed by atoms with van der Waals surface area (Å²) in [6.45, 7) is 10.5. The minimum atomic E-state index is -2.07. The van der Waals surface area contributed by atoms with Crippen molar-refractivity contribution >= 4 is 14.3 Å². The van der Waals surface area contributed by atoms with Gasteiger partial charge in [-0.3, -0.25) is 4.79 Å². The molecule has 0 atom stereocenters. The van der Waals surface area contributed by atoms with Gasteiger partial charge in [0.05, 0.1) is 7.11 Å². The molecule has 5 nitrogen and oxygen atoms in total. The van der Waals surface area contributed by atoms with E-state index in [-0.39, 0.29) is 17.2 Å². The monoisotopic (exact) mass is 298 g/mol. The minimum absolute atomic E-state index is 0.00563. The van der Waals surface area contributed by atoms with Gasteiger partial charge in [0.2, 0.25) is 0 Å². The van der Waals surface area contributed by atoms with Crippen LogP contribution in [0.15, 0.2) is 21.3 Å². The molecule has 0 aliphatic rings. The van der Waals surface area contributed by atoms with E-state index in [0.717, 1.165) is 0 Å². The molecule has 0 fully saturated rings. The predicted octanol–water partition coefficient (Wildman–Crippen LogP) is 2.74. The van der Waals surface area contributed by atoms with Crippen molar-refractivity contribution in [3.8, 4) is 5.75 Å². The van der Waals surface area contributed by atoms with Crippen molar-refractivity contribution in [2.75, 3.05) is 7.11 Å². The van der Waals surface area contributed by atoms with Gasteiger partial charge in [-0.2, -0.15) is 0 Å². The Bertz CT molecular complexity index is 539. The van der Waals surface area contributed by atoms with Crippen LogP contribution in [0.3, 0.4) is 0 Å². The highest BCUT2D eigenvalue weighted by Crippen LogP contribution is 2.38. The van der Waals surface area contributed by atoms with Crippen molar-refractivity contribution in [1.29, 1.82) is 0 Å². The maximum atomic E-state index is 11.4. The molecule has 112 valence electrons. The van der Waals surface area contributed by atoms with Gasteiger partial charge in [0.25, 0.3) is 8.32 Å². The fourth-order valence-corrected chi connectivity index (χ4v) is 2.33. The number of carbonyl (C=O) groups is 1. The van der Waals surface area contributed by atoms with Gasteiger partial charge in [-0.1, -0.05) is 20.8 Å². The van der Waals surface area contributed by atoms with Gasteiger partial charge in [-0.15, -0.1) is 0 Å². The number of hydrogen-bond acceptors (Lipinski definition) is 5. The molecule has 1 rings (SSSR count). The van der Waals surface area contributed by atoms with Crippen molar-refractivity contribution in [1.82, 2.24) is 0 Å². The predicted molar refractivity (Wildman–Crippen MR) is 78.5 cm³/mol. The molecular weight excluding hydrogens is 276 g/mol. The van der Waals surface area contributed by atoms with E-state index in [0.29, 0.717) is 5.75 Å². The molecule has 0 spiro atoms. The number of hydrogen-bond donors (Lipinski definition) is 0. The maximum Gasteiger partial charge on any atom is 0.336 e. The quantitative estimate of drug-likeness (QED) is 0.631. The fourth-order valence-electron chi connectivity index (χ4n) is 1.29. The summed E-state index contributed by atoms with van der Waals surface area (Å²) in [7, 11) is -0.780. The molecule has 0 saturated carbocycles. The second kappa shape index (κ2) is 5.83. The van der Waals surface area contributed by atoms with Crippen LogP contribution >= 0.6 is 0 Å². The van der Waals surface area contributed by atoms with Crippen LogP contribution < -0.4 is 10.1 Å². The molecule has 6 heteroatoms. The standard InChI is InChI=1S/C14H22O5Si/c1-14(2,3)20(5,6)19-10-7-8-12(15)18-11(10)9-13(16)17-4/h7-8H,9H2,1-6H3. The second-order valence-corrected chi connectivity index (χ2v) is 10.9. The van der Waals surface area contributed by atoms with Crippen LogP contribution in [0.25, 0.3) is 0 Å². The normalized spacial score (nSPS) is 12.1. The van der Waals surface area contributed by atoms with Crippen LogP contribution in [0.2, 0.25) is 18.1 Å². The van der Waals surface area contributed by atoms with Crippen molar-refractivity contribution in [3.63, 3.8) is 0 Å². The maximum absolute atomic E-state index is 11.4. The van der Waals surface area contributed by atoms with Crippen LogP contribution in [-0.2, 0) is 16.0 Å². The molecule has 0 N–H and O–H groups in total. The molecule has 1 aromatic heterocycles. The smallest absolute Gasteiger partial charge is 0.336 e. The highest BCUT2D eigenvalue weighted by molar-refractivity contribution is 6.74. The molecule has 0 aromatic carbocycles. The van der Waals surface area contributed by atoms with Crippen molar-refractivity contribution in [3.05, 3.63) is 28.3 Å². The highest BCUT2D eigenvalue weighted by atomic mass is 28.4. The highest BCUT2D eigenvalue weighted by Gasteiger charge is 2.39. The lowest BCUT2D eigenvalue weighted by Crippen LogP contribution is -2.44. The first-order valence-electron chi connectivity index (χ1n) is 6.45. The van der Waals surface area contributed by atoms with Crippen molar-refractivity contribution < 1.29 is 18.4 Å². The number of carbonyl (C=O) groups excluding carboxylic acids is 1. The number of methoxy groups -OCH3 is 1. The summed E-state index contributed by atoms with van der Waals surface area (Å²) < 4.78 is 15.8. The summed E-state index contributed by atoms with van der Waals surface area (Å²) in [6, 6.07) is 2.86. The van der Waals surface area contributed by atoms with E-state index in [4.69, 9.17) is 8.84 Å². The molecule has 0 bridgehead atoms. The lowest BCUT2D eigenvalue weighted by molar-refractivity contribution is -0.140. The van der Waals surface area contributed by atoms with Gasteiger partial charge < -0.3 is 13.6 Å². The average molecular weight is 298 g/mol. The Labute approximate surface area is 120 Å². The minimum Gasteiger partial charge on any atom is -0.541 e. The van der Waals surface area contributed by atoms with Gasteiger partial charge in [-0.25, -0.2) is 4.79 Å². The Morgan fingerprint density at radius 3 is 2.40 bits per heavy atom. The zero-order valence-electron chi connectivity index (χ0n) is 12.9. The molecule has 20 heavy (non-hydrogen) atoms. The van der Waals surface area contributed by atoms with Gasteiger partial charge in [0.15, 0.2) is 5.76 Å². The third-order valence-corrected chi connectivity index (χ3v) is 7.92. The summed E-state index contributed by atoms with van der Waals surface area (Å²) in [6.07, 6.45) is -0.115. The largest absolute Gasteiger partial charge is 0.541 e. The van der Waals surface area contributed by atoms with E-state index in [1.807, 2.05) is 0 Å². The van der Waals surface area contributed by atoms with Crippen LogP contribution in [0.4, 0.5) is 0 Å². The summed E-state index contributed by atoms with van der Waals surface area (Å²) in [5, 5.41) is 0.00563. The van der Waals surface area contributed by atoms with E-state index < -0.39 is 19.9 Å². The Morgan fingerprint density at radius 2 is 1.90 bits per heavy atom. The van der Waals surface area contributed by atoms with Gasteiger partial charge in [0, 0.05) is 6.07 Å². The molecule has 1 aromatic rings. The van der Waals surface area contributed by atoms with Crippen molar-refractivity contribution in [2.45, 2.75) is 45.3 Å². The summed E-state index contributed by atoms with van der Waals surface area (Å²) in [4.78, 5) is 22.7. The van der Waals surface area contributed by atoms with Crippen LogP contribution in [-0.4, -0.2) is 21.4 Å². The third-order valence-electron chi connectivity index (χ3n) is 3.57. The van der Waals surface area contributed by atoms with E-state index >= 15 is 0 Å². The summed E-state index contributed by atoms with van der Waals surface area (Å²) in [5.41, 5.74) is -0.508. The first-order valence-corrected chi connectivity index (χ1v) is 9.36. The Hall–Kier alpha value is -1.56. The SMILES string of the molecule is COC(=O)Cc1oc(=O)ccc1O[Si](C)(C)C(C)(C)C. The Balaban J connectivity index is 3.12. The van der Waals surface area contributed by atoms with E-state index in [2.05, 4.69) is 38.6 Å². The van der Waals surface area contributed by atoms with Crippen LogP contribution in [0, 0.1) is 0 Å². The third kappa shape index (κ3) is 3.96. The van der Waals surface area contributed by atoms with E-state index in [9.17, 15) is 9.59 Å². The zero-order valence-corrected chi connectivity index (χ0v) is 13.9. The summed E-state index contributed by atoms with van der Waals surface area (Å²) >= 11 is 0. The Morgan fingerprint density at radius 1 is 1.30 bits per heavy atom. The molecule has 0 saturated heterocycles. The van der Waals surface area contributed by atoms with Gasteiger partial charge in [-0.05, 0) is 24.2 Å². The molecule has 0 aliphatic carbocycles. The number of ether oxygens (including phenoxy) is 1. The fraction of sp³-hybridized carbons (Fsp3) is 0.571. The molecule has 1 heterocycles. The lowest BCUT2D eigenvalue weighted by atomic mass is 10.2. The van der Waals surface area contributed by atoms with Crippen LogP contribution in [0.5, 0.6) is 5.75 Å². The first-order chi connectivity index (χ1) is 9.06. The summed E-state index contributed by atoms with van der Waals surface area (Å²) in [5.74, 6) is 0.190. The molecule has 0 aliphatic heterocycles. The van der Waals surface area contributed by atoms with Gasteiger partial charge in [0.1, 0.15) is 12.2 Å². The van der Waals surface area contributed by atoms with E-state index in [1.165, 1.54) is 13.2 Å². The molecule has 0 unspecified atom stereocenters. The second-order valence-electron chi connectivity index (χ2n) is 6.16. The number of rotatable bonds is 4. The van der Waals surface area contributed by atoms with Gasteiger partial charge >= 0.3 is 11.6 Å². The molecule has 0 radical (unpaired) electrons. The zero-order chi connectivity index (χ0) is 15.6. The molecule has 0 amide bonds. The topological polar surface area (TPSA) is 65.7 Å². The number of esters is 1. The lowest BCUT2D eigenvalue weighted by Gasteiger charge is -2.36. The van der Waals surface area contributed by atoms with E-state index in [1.54, 1.807) is 6.07 Å². The molecular formula is C14H22O5Si. The Kier molecular flexibility index (Phi) is 4.80. The first kappa shape index (κ1) is 16.5. The average Bonchev–Trinajstić information content (AvgIpc) is 2.31. The van der Waals surface area contributed by atoms with Crippen LogP contribution in [0.1, 0.15) is 26.5 Å². The van der Waals surface area contributed by atoms with Crippen molar-refractivity contribution in [2.24, 2.45) is 0 Å².